The van der Waals surface area contributed by atoms with Gasteiger partial charge in [0.25, 0.3) is 0 Å². The molecular weight excluding hydrogens is 426 g/mol. The fraction of sp³-hybridized carbons (Fsp3) is 0.391. The van der Waals surface area contributed by atoms with Crippen molar-refractivity contribution in [2.45, 2.75) is 45.2 Å². The van der Waals surface area contributed by atoms with Gasteiger partial charge in [0.15, 0.2) is 0 Å². The summed E-state index contributed by atoms with van der Waals surface area (Å²) in [7, 11) is 0. The minimum Gasteiger partial charge on any atom is -0.316 e. The van der Waals surface area contributed by atoms with Crippen LogP contribution >= 0.6 is 23.1 Å². The smallest absolute Gasteiger partial charge is 0.235 e. The lowest BCUT2D eigenvalue weighted by Gasteiger charge is -2.33. The number of hydrogen-bond donors (Lipinski definition) is 1. The van der Waals surface area contributed by atoms with Crippen molar-refractivity contribution in [3.8, 4) is 11.8 Å². The second-order valence-electron chi connectivity index (χ2n) is 8.77. The third-order valence-corrected chi connectivity index (χ3v) is 7.70. The van der Waals surface area contributed by atoms with Gasteiger partial charge in [0, 0.05) is 4.88 Å². The van der Waals surface area contributed by atoms with Crippen molar-refractivity contribution in [2.24, 2.45) is 11.3 Å². The van der Waals surface area contributed by atoms with Gasteiger partial charge < -0.3 is 5.32 Å². The van der Waals surface area contributed by atoms with Gasteiger partial charge >= 0.3 is 0 Å². The molecule has 0 bridgehead atoms. The zero-order valence-electron chi connectivity index (χ0n) is 17.9. The van der Waals surface area contributed by atoms with Crippen LogP contribution < -0.4 is 5.32 Å². The number of nitrogens with zero attached hydrogens (tertiary/aromatic N) is 4. The number of benzene rings is 1. The van der Waals surface area contributed by atoms with Crippen LogP contribution in [0.25, 0.3) is 5.69 Å². The zero-order chi connectivity index (χ0) is 22.0. The third-order valence-electron chi connectivity index (χ3n) is 5.68. The Morgan fingerprint density at radius 3 is 2.84 bits per heavy atom. The number of rotatable bonds is 5. The highest BCUT2D eigenvalue weighted by Crippen LogP contribution is 2.44. The summed E-state index contributed by atoms with van der Waals surface area (Å²) >= 11 is 2.84. The van der Waals surface area contributed by atoms with Gasteiger partial charge in [0.05, 0.1) is 17.0 Å². The highest BCUT2D eigenvalue weighted by Gasteiger charge is 2.32. The lowest BCUT2D eigenvalue weighted by molar-refractivity contribution is -0.113. The van der Waals surface area contributed by atoms with E-state index in [1.807, 2.05) is 30.3 Å². The monoisotopic (exact) mass is 451 g/mol. The van der Waals surface area contributed by atoms with Crippen molar-refractivity contribution in [1.29, 1.82) is 5.26 Å². The largest absolute Gasteiger partial charge is 0.316 e. The number of nitrogens with one attached hydrogen (secondary N) is 1. The van der Waals surface area contributed by atoms with Crippen molar-refractivity contribution in [2.75, 3.05) is 11.1 Å². The molecule has 3 aromatic rings. The highest BCUT2D eigenvalue weighted by atomic mass is 32.2. The van der Waals surface area contributed by atoms with Gasteiger partial charge in [-0.1, -0.05) is 50.7 Å². The summed E-state index contributed by atoms with van der Waals surface area (Å²) in [4.78, 5) is 18.1. The Hall–Kier alpha value is -2.63. The lowest BCUT2D eigenvalue weighted by Crippen LogP contribution is -2.26. The maximum Gasteiger partial charge on any atom is 0.235 e. The first-order valence-corrected chi connectivity index (χ1v) is 12.1. The molecule has 31 heavy (non-hydrogen) atoms. The lowest BCUT2D eigenvalue weighted by atomic mass is 9.72. The molecule has 0 radical (unpaired) electrons. The van der Waals surface area contributed by atoms with E-state index in [9.17, 15) is 10.1 Å². The van der Waals surface area contributed by atoms with E-state index in [4.69, 9.17) is 0 Å². The first-order chi connectivity index (χ1) is 14.8. The van der Waals surface area contributed by atoms with Crippen LogP contribution in [-0.2, 0) is 17.6 Å². The van der Waals surface area contributed by atoms with E-state index in [1.165, 1.54) is 16.6 Å². The second kappa shape index (κ2) is 8.85. The van der Waals surface area contributed by atoms with E-state index in [0.29, 0.717) is 21.6 Å². The number of fused-ring (bicyclic) bond motifs is 1. The molecule has 1 N–H and O–H groups in total. The van der Waals surface area contributed by atoms with Crippen molar-refractivity contribution in [3.05, 3.63) is 52.7 Å². The third kappa shape index (κ3) is 4.83. The van der Waals surface area contributed by atoms with Crippen LogP contribution in [0.4, 0.5) is 5.00 Å². The predicted octanol–water partition coefficient (Wildman–Crippen LogP) is 5.08. The minimum atomic E-state index is -0.150. The number of thioether (sulfide) groups is 1. The van der Waals surface area contributed by atoms with E-state index in [0.717, 1.165) is 30.5 Å². The number of carbonyl (C=O) groups excluding carboxylic acids is 1. The van der Waals surface area contributed by atoms with Crippen molar-refractivity contribution in [3.63, 3.8) is 0 Å². The molecule has 160 valence electrons. The number of thiophene rings is 1. The van der Waals surface area contributed by atoms with E-state index in [1.54, 1.807) is 22.3 Å². The van der Waals surface area contributed by atoms with Gasteiger partial charge in [-0.2, -0.15) is 5.26 Å². The van der Waals surface area contributed by atoms with Gasteiger partial charge in [-0.3, -0.25) is 4.79 Å². The standard InChI is InChI=1S/C23H25N5OS2/c1-23(2,3)15-9-10-17-18(12-24)21(31-19(17)11-15)26-20(29)13-30-22-25-14-28(27-22)16-7-5-4-6-8-16/h4-8,14-15H,9-11,13H2,1-3H3,(H,26,29)/t15-/m0/s1. The first-order valence-electron chi connectivity index (χ1n) is 10.3. The molecule has 1 aliphatic rings. The van der Waals surface area contributed by atoms with Crippen LogP contribution in [0, 0.1) is 22.7 Å². The predicted molar refractivity (Wildman–Crippen MR) is 125 cm³/mol. The summed E-state index contributed by atoms with van der Waals surface area (Å²) < 4.78 is 1.69. The second-order valence-corrected chi connectivity index (χ2v) is 10.8. The van der Waals surface area contributed by atoms with Crippen LogP contribution in [-0.4, -0.2) is 26.4 Å². The van der Waals surface area contributed by atoms with Gasteiger partial charge in [-0.15, -0.1) is 16.4 Å². The van der Waals surface area contributed by atoms with Gasteiger partial charge in [-0.05, 0) is 48.3 Å². The maximum absolute atomic E-state index is 12.6. The molecule has 1 aliphatic carbocycles. The molecule has 0 saturated heterocycles. The van der Waals surface area contributed by atoms with E-state index < -0.39 is 0 Å². The molecule has 0 fully saturated rings. The Bertz CT molecular complexity index is 1120. The Kier molecular flexibility index (Phi) is 6.17. The zero-order valence-corrected chi connectivity index (χ0v) is 19.5. The first kappa shape index (κ1) is 21.6. The molecule has 0 aliphatic heterocycles. The number of anilines is 1. The maximum atomic E-state index is 12.6. The number of amides is 1. The van der Waals surface area contributed by atoms with Crippen LogP contribution in [0.5, 0.6) is 0 Å². The van der Waals surface area contributed by atoms with E-state index in [-0.39, 0.29) is 17.1 Å². The van der Waals surface area contributed by atoms with Crippen molar-refractivity contribution < 1.29 is 4.79 Å². The molecule has 1 atom stereocenters. The number of hydrogen-bond acceptors (Lipinski definition) is 6. The quantitative estimate of drug-likeness (QED) is 0.547. The fourth-order valence-corrected chi connectivity index (χ4v) is 5.74. The minimum absolute atomic E-state index is 0.150. The molecule has 6 nitrogen and oxygen atoms in total. The summed E-state index contributed by atoms with van der Waals surface area (Å²) in [5.74, 6) is 0.634. The number of carbonyl (C=O) groups is 1. The van der Waals surface area contributed by atoms with Gasteiger partial charge in [-0.25, -0.2) is 9.67 Å². The Morgan fingerprint density at radius 2 is 2.13 bits per heavy atom. The van der Waals surface area contributed by atoms with E-state index >= 15 is 0 Å². The summed E-state index contributed by atoms with van der Waals surface area (Å²) in [5, 5.41) is 18.3. The summed E-state index contributed by atoms with van der Waals surface area (Å²) in [6, 6.07) is 12.0. The van der Waals surface area contributed by atoms with Crippen LogP contribution in [0.2, 0.25) is 0 Å². The molecule has 4 rings (SSSR count). The summed E-state index contributed by atoms with van der Waals surface area (Å²) in [5.41, 5.74) is 2.92. The molecule has 2 heterocycles. The molecule has 0 unspecified atom stereocenters. The average molecular weight is 452 g/mol. The molecule has 1 aromatic carbocycles. The fourth-order valence-electron chi connectivity index (χ4n) is 3.84. The molecule has 8 heteroatoms. The van der Waals surface area contributed by atoms with Crippen LogP contribution in [0.15, 0.2) is 41.8 Å². The highest BCUT2D eigenvalue weighted by molar-refractivity contribution is 7.99. The normalized spacial score (nSPS) is 15.9. The SMILES string of the molecule is CC(C)(C)[C@H]1CCc2c(sc(NC(=O)CSc3ncn(-c4ccccc4)n3)c2C#N)C1. The average Bonchev–Trinajstić information content (AvgIpc) is 3.36. The van der Waals surface area contributed by atoms with Crippen molar-refractivity contribution in [1.82, 2.24) is 14.8 Å². The molecule has 1 amide bonds. The Labute approximate surface area is 190 Å². The summed E-state index contributed by atoms with van der Waals surface area (Å²) in [6.45, 7) is 6.82. The van der Waals surface area contributed by atoms with Gasteiger partial charge in [0.2, 0.25) is 11.1 Å². The molecule has 2 aromatic heterocycles. The van der Waals surface area contributed by atoms with Gasteiger partial charge in [0.1, 0.15) is 17.4 Å². The van der Waals surface area contributed by atoms with E-state index in [2.05, 4.69) is 42.2 Å². The number of para-hydroxylation sites is 1. The number of nitriles is 1. The van der Waals surface area contributed by atoms with Crippen LogP contribution in [0.3, 0.4) is 0 Å². The molecule has 0 saturated carbocycles. The topological polar surface area (TPSA) is 83.6 Å². The summed E-state index contributed by atoms with van der Waals surface area (Å²) in [6.07, 6.45) is 4.61. The Morgan fingerprint density at radius 1 is 1.35 bits per heavy atom. The molecule has 0 spiro atoms. The van der Waals surface area contributed by atoms with Crippen LogP contribution in [0.1, 0.15) is 43.2 Å². The Balaban J connectivity index is 1.40. The van der Waals surface area contributed by atoms with Crippen molar-refractivity contribution >= 4 is 34.0 Å². The number of aromatic nitrogens is 3. The molecular formula is C23H25N5OS2.